The van der Waals surface area contributed by atoms with E-state index < -0.39 is 0 Å². The predicted molar refractivity (Wildman–Crippen MR) is 84.7 cm³/mol. The first kappa shape index (κ1) is 15.2. The molecule has 1 N–H and O–H groups in total. The number of halogens is 1. The average molecular weight is 337 g/mol. The van der Waals surface area contributed by atoms with Gasteiger partial charge >= 0.3 is 0 Å². The maximum Gasteiger partial charge on any atom is 0.0802 e. The van der Waals surface area contributed by atoms with E-state index in [0.29, 0.717) is 0 Å². The van der Waals surface area contributed by atoms with Crippen LogP contribution in [0.2, 0.25) is 0 Å². The van der Waals surface area contributed by atoms with Crippen LogP contribution in [0, 0.1) is 6.92 Å². The minimum absolute atomic E-state index is 0.134. The first-order valence-electron chi connectivity index (χ1n) is 7.05. The summed E-state index contributed by atoms with van der Waals surface area (Å²) < 4.78 is 3.10. The Labute approximate surface area is 128 Å². The minimum Gasteiger partial charge on any atom is -0.305 e. The molecule has 2 aromatic rings. The highest BCUT2D eigenvalue weighted by Gasteiger charge is 2.19. The van der Waals surface area contributed by atoms with Gasteiger partial charge in [0, 0.05) is 11.0 Å². The molecular formula is C15H21BrN4. The van der Waals surface area contributed by atoms with Crippen molar-refractivity contribution in [2.75, 3.05) is 6.54 Å². The van der Waals surface area contributed by atoms with E-state index in [-0.39, 0.29) is 6.04 Å². The van der Waals surface area contributed by atoms with Crippen LogP contribution < -0.4 is 5.32 Å². The molecule has 1 atom stereocenters. The van der Waals surface area contributed by atoms with Crippen molar-refractivity contribution >= 4 is 15.9 Å². The molecule has 20 heavy (non-hydrogen) atoms. The van der Waals surface area contributed by atoms with Gasteiger partial charge in [0.25, 0.3) is 0 Å². The third-order valence-corrected chi connectivity index (χ3v) is 3.82. The monoisotopic (exact) mass is 336 g/mol. The Balaban J connectivity index is 2.42. The molecule has 4 nitrogen and oxygen atoms in total. The zero-order valence-corrected chi connectivity index (χ0v) is 13.8. The lowest BCUT2D eigenvalue weighted by molar-refractivity contribution is 0.510. The molecule has 0 amide bonds. The van der Waals surface area contributed by atoms with Crippen LogP contribution in [0.1, 0.15) is 43.1 Å². The van der Waals surface area contributed by atoms with Crippen molar-refractivity contribution in [3.63, 3.8) is 0 Å². The molecule has 0 radical (unpaired) electrons. The van der Waals surface area contributed by atoms with Crippen molar-refractivity contribution in [1.29, 1.82) is 0 Å². The standard InChI is InChI=1S/C15H21BrN4/c1-4-8-20-14(10-18-19-20)15(17-5-2)13-7-6-12(16)9-11(13)3/h6-7,9-10,15,17H,4-5,8H2,1-3H3. The Hall–Kier alpha value is -1.20. The highest BCUT2D eigenvalue weighted by Crippen LogP contribution is 2.26. The second-order valence-electron chi connectivity index (χ2n) is 4.87. The van der Waals surface area contributed by atoms with Crippen molar-refractivity contribution in [2.24, 2.45) is 0 Å². The van der Waals surface area contributed by atoms with Crippen LogP contribution in [0.25, 0.3) is 0 Å². The molecule has 2 rings (SSSR count). The molecule has 0 fully saturated rings. The Morgan fingerprint density at radius 3 is 2.80 bits per heavy atom. The van der Waals surface area contributed by atoms with Crippen molar-refractivity contribution in [3.8, 4) is 0 Å². The van der Waals surface area contributed by atoms with Gasteiger partial charge in [0.05, 0.1) is 17.9 Å². The second-order valence-corrected chi connectivity index (χ2v) is 5.79. The first-order valence-corrected chi connectivity index (χ1v) is 7.84. The summed E-state index contributed by atoms with van der Waals surface area (Å²) in [5.74, 6) is 0. The summed E-state index contributed by atoms with van der Waals surface area (Å²) in [7, 11) is 0. The van der Waals surface area contributed by atoms with Crippen LogP contribution in [0.4, 0.5) is 0 Å². The number of benzene rings is 1. The lowest BCUT2D eigenvalue weighted by Crippen LogP contribution is -2.25. The Kier molecular flexibility index (Phi) is 5.31. The SMILES string of the molecule is CCCn1nncc1C(NCC)c1ccc(Br)cc1C. The van der Waals surface area contributed by atoms with Crippen molar-refractivity contribution in [2.45, 2.75) is 39.8 Å². The van der Waals surface area contributed by atoms with Gasteiger partial charge in [-0.1, -0.05) is 41.1 Å². The van der Waals surface area contributed by atoms with Crippen molar-refractivity contribution in [1.82, 2.24) is 20.3 Å². The van der Waals surface area contributed by atoms with Crippen LogP contribution in [-0.4, -0.2) is 21.5 Å². The number of hydrogen-bond acceptors (Lipinski definition) is 3. The molecular weight excluding hydrogens is 316 g/mol. The first-order chi connectivity index (χ1) is 9.67. The van der Waals surface area contributed by atoms with Gasteiger partial charge in [-0.2, -0.15) is 0 Å². The van der Waals surface area contributed by atoms with E-state index in [1.165, 1.54) is 11.1 Å². The quantitative estimate of drug-likeness (QED) is 0.878. The van der Waals surface area contributed by atoms with Crippen molar-refractivity contribution < 1.29 is 0 Å². The molecule has 0 aliphatic carbocycles. The minimum atomic E-state index is 0.134. The summed E-state index contributed by atoms with van der Waals surface area (Å²) in [5.41, 5.74) is 3.66. The summed E-state index contributed by atoms with van der Waals surface area (Å²) >= 11 is 3.52. The largest absolute Gasteiger partial charge is 0.305 e. The van der Waals surface area contributed by atoms with Gasteiger partial charge in [-0.05, 0) is 43.1 Å². The number of aryl methyl sites for hydroxylation is 2. The number of hydrogen-bond donors (Lipinski definition) is 1. The number of aromatic nitrogens is 3. The molecule has 1 unspecified atom stereocenters. The molecule has 1 aromatic carbocycles. The highest BCUT2D eigenvalue weighted by atomic mass is 79.9. The molecule has 1 aromatic heterocycles. The summed E-state index contributed by atoms with van der Waals surface area (Å²) in [4.78, 5) is 0. The maximum atomic E-state index is 4.20. The molecule has 108 valence electrons. The Bertz CT molecular complexity index is 565. The Morgan fingerprint density at radius 2 is 2.15 bits per heavy atom. The highest BCUT2D eigenvalue weighted by molar-refractivity contribution is 9.10. The molecule has 0 spiro atoms. The summed E-state index contributed by atoms with van der Waals surface area (Å²) in [6.07, 6.45) is 2.92. The van der Waals surface area contributed by atoms with Gasteiger partial charge in [0.1, 0.15) is 0 Å². The topological polar surface area (TPSA) is 42.7 Å². The van der Waals surface area contributed by atoms with Crippen LogP contribution in [-0.2, 0) is 6.54 Å². The van der Waals surface area contributed by atoms with Crippen LogP contribution in [0.5, 0.6) is 0 Å². The molecule has 0 aliphatic heterocycles. The summed E-state index contributed by atoms with van der Waals surface area (Å²) in [5, 5.41) is 11.8. The van der Waals surface area contributed by atoms with E-state index in [2.05, 4.69) is 70.5 Å². The summed E-state index contributed by atoms with van der Waals surface area (Å²) in [6, 6.07) is 6.53. The average Bonchev–Trinajstić information content (AvgIpc) is 2.85. The fourth-order valence-electron chi connectivity index (χ4n) is 2.42. The zero-order chi connectivity index (χ0) is 14.5. The van der Waals surface area contributed by atoms with Gasteiger partial charge in [-0.15, -0.1) is 5.10 Å². The third kappa shape index (κ3) is 3.27. The normalized spacial score (nSPS) is 12.6. The Morgan fingerprint density at radius 1 is 1.35 bits per heavy atom. The van der Waals surface area contributed by atoms with Crippen molar-refractivity contribution in [3.05, 3.63) is 45.7 Å². The number of nitrogens with zero attached hydrogens (tertiary/aromatic N) is 3. The zero-order valence-electron chi connectivity index (χ0n) is 12.2. The van der Waals surface area contributed by atoms with Gasteiger partial charge in [-0.25, -0.2) is 4.68 Å². The van der Waals surface area contributed by atoms with Crippen LogP contribution >= 0.6 is 15.9 Å². The van der Waals surface area contributed by atoms with Gasteiger partial charge in [0.2, 0.25) is 0 Å². The van der Waals surface area contributed by atoms with E-state index in [0.717, 1.165) is 29.7 Å². The molecule has 5 heteroatoms. The maximum absolute atomic E-state index is 4.20. The smallest absolute Gasteiger partial charge is 0.0802 e. The van der Waals surface area contributed by atoms with E-state index in [1.807, 2.05) is 10.9 Å². The van der Waals surface area contributed by atoms with E-state index in [9.17, 15) is 0 Å². The molecule has 0 bridgehead atoms. The van der Waals surface area contributed by atoms with Crippen LogP contribution in [0.15, 0.2) is 28.9 Å². The van der Waals surface area contributed by atoms with E-state index in [1.54, 1.807) is 0 Å². The number of nitrogens with one attached hydrogen (secondary N) is 1. The second kappa shape index (κ2) is 6.99. The van der Waals surface area contributed by atoms with E-state index >= 15 is 0 Å². The van der Waals surface area contributed by atoms with E-state index in [4.69, 9.17) is 0 Å². The van der Waals surface area contributed by atoms with Gasteiger partial charge in [0.15, 0.2) is 0 Å². The van der Waals surface area contributed by atoms with Gasteiger partial charge in [-0.3, -0.25) is 0 Å². The predicted octanol–water partition coefficient (Wildman–Crippen LogP) is 3.46. The lowest BCUT2D eigenvalue weighted by Gasteiger charge is -2.21. The fraction of sp³-hybridized carbons (Fsp3) is 0.467. The fourth-order valence-corrected chi connectivity index (χ4v) is 2.89. The molecule has 1 heterocycles. The number of rotatable bonds is 6. The lowest BCUT2D eigenvalue weighted by atomic mass is 9.99. The van der Waals surface area contributed by atoms with Crippen LogP contribution in [0.3, 0.4) is 0 Å². The molecule has 0 saturated carbocycles. The molecule has 0 saturated heterocycles. The van der Waals surface area contributed by atoms with Gasteiger partial charge < -0.3 is 5.32 Å². The third-order valence-electron chi connectivity index (χ3n) is 3.33. The molecule has 0 aliphatic rings. The summed E-state index contributed by atoms with van der Waals surface area (Å²) in [6.45, 7) is 8.20.